The molecule has 0 bridgehead atoms. The van der Waals surface area contributed by atoms with Crippen molar-refractivity contribution in [3.8, 4) is 17.1 Å². The van der Waals surface area contributed by atoms with E-state index in [0.29, 0.717) is 18.7 Å². The lowest BCUT2D eigenvalue weighted by Gasteiger charge is -2.10. The predicted octanol–water partition coefficient (Wildman–Crippen LogP) is 4.87. The molecule has 7 heteroatoms. The highest BCUT2D eigenvalue weighted by atomic mass is 32.2. The molecule has 0 unspecified atom stereocenters. The van der Waals surface area contributed by atoms with E-state index in [4.69, 9.17) is 0 Å². The Morgan fingerprint density at radius 2 is 1.58 bits per heavy atom. The molecule has 31 heavy (non-hydrogen) atoms. The molecule has 1 heterocycles. The molecule has 0 saturated carbocycles. The summed E-state index contributed by atoms with van der Waals surface area (Å²) in [4.78, 5) is 12.2. The van der Waals surface area contributed by atoms with Crippen LogP contribution in [0.2, 0.25) is 0 Å². The van der Waals surface area contributed by atoms with Gasteiger partial charge in [0.2, 0.25) is 5.91 Å². The zero-order valence-corrected chi connectivity index (χ0v) is 17.6. The van der Waals surface area contributed by atoms with Gasteiger partial charge in [0.15, 0.2) is 11.0 Å². The molecular formula is C24H21FN4OS. The van der Waals surface area contributed by atoms with Crippen LogP contribution in [0, 0.1) is 5.82 Å². The van der Waals surface area contributed by atoms with Crippen molar-refractivity contribution in [3.05, 3.63) is 96.3 Å². The molecule has 0 aliphatic rings. The van der Waals surface area contributed by atoms with Gasteiger partial charge in [0.25, 0.3) is 0 Å². The van der Waals surface area contributed by atoms with Gasteiger partial charge in [-0.15, -0.1) is 10.2 Å². The normalized spacial score (nSPS) is 10.7. The summed E-state index contributed by atoms with van der Waals surface area (Å²) in [5, 5.41) is 12.4. The Kier molecular flexibility index (Phi) is 6.74. The molecular weight excluding hydrogens is 411 g/mol. The van der Waals surface area contributed by atoms with Crippen molar-refractivity contribution in [1.29, 1.82) is 0 Å². The number of rotatable bonds is 8. The van der Waals surface area contributed by atoms with Gasteiger partial charge in [-0.25, -0.2) is 4.39 Å². The van der Waals surface area contributed by atoms with Crippen LogP contribution >= 0.6 is 11.8 Å². The van der Waals surface area contributed by atoms with E-state index in [0.717, 1.165) is 27.8 Å². The number of amides is 1. The largest absolute Gasteiger partial charge is 0.352 e. The number of nitrogens with one attached hydrogen (secondary N) is 1. The molecule has 4 aromatic rings. The minimum absolute atomic E-state index is 0.0640. The summed E-state index contributed by atoms with van der Waals surface area (Å²) in [7, 11) is 0. The lowest BCUT2D eigenvalue weighted by Crippen LogP contribution is -2.23. The van der Waals surface area contributed by atoms with Crippen LogP contribution < -0.4 is 5.32 Å². The summed E-state index contributed by atoms with van der Waals surface area (Å²) in [6.07, 6.45) is 0.341. The number of halogens is 1. The SMILES string of the molecule is O=C(CCSc1nnc(-c2ccccc2)n1-c1ccccc1)NCc1ccc(F)cc1. The number of carbonyl (C=O) groups is 1. The Morgan fingerprint density at radius 1 is 0.903 bits per heavy atom. The van der Waals surface area contributed by atoms with Crippen molar-refractivity contribution >= 4 is 17.7 Å². The first-order valence-corrected chi connectivity index (χ1v) is 10.9. The number of thioether (sulfide) groups is 1. The van der Waals surface area contributed by atoms with E-state index in [1.54, 1.807) is 12.1 Å². The topological polar surface area (TPSA) is 59.8 Å². The van der Waals surface area contributed by atoms with Crippen LogP contribution in [0.15, 0.2) is 90.1 Å². The number of aromatic nitrogens is 3. The van der Waals surface area contributed by atoms with E-state index in [1.807, 2.05) is 65.2 Å². The standard InChI is InChI=1S/C24H21FN4OS/c25-20-13-11-18(12-14-20)17-26-22(30)15-16-31-24-28-27-23(19-7-3-1-4-8-19)29(24)21-9-5-2-6-10-21/h1-14H,15-17H2,(H,26,30). The van der Waals surface area contributed by atoms with Crippen LogP contribution in [-0.4, -0.2) is 26.4 Å². The van der Waals surface area contributed by atoms with Gasteiger partial charge in [0, 0.05) is 30.0 Å². The number of hydrogen-bond donors (Lipinski definition) is 1. The maximum absolute atomic E-state index is 13.0. The van der Waals surface area contributed by atoms with Crippen LogP contribution in [0.3, 0.4) is 0 Å². The van der Waals surface area contributed by atoms with E-state index in [9.17, 15) is 9.18 Å². The second-order valence-electron chi connectivity index (χ2n) is 6.84. The van der Waals surface area contributed by atoms with Crippen molar-refractivity contribution < 1.29 is 9.18 Å². The van der Waals surface area contributed by atoms with Gasteiger partial charge in [-0.1, -0.05) is 72.4 Å². The summed E-state index contributed by atoms with van der Waals surface area (Å²) in [6.45, 7) is 0.377. The zero-order valence-electron chi connectivity index (χ0n) is 16.7. The summed E-state index contributed by atoms with van der Waals surface area (Å²) < 4.78 is 15.0. The summed E-state index contributed by atoms with van der Waals surface area (Å²) >= 11 is 1.49. The van der Waals surface area contributed by atoms with Gasteiger partial charge in [0.05, 0.1) is 0 Å². The van der Waals surface area contributed by atoms with Gasteiger partial charge >= 0.3 is 0 Å². The van der Waals surface area contributed by atoms with Crippen LogP contribution in [0.4, 0.5) is 4.39 Å². The Balaban J connectivity index is 1.42. The first-order valence-electron chi connectivity index (χ1n) is 9.91. The van der Waals surface area contributed by atoms with Gasteiger partial charge < -0.3 is 5.32 Å². The molecule has 0 fully saturated rings. The number of hydrogen-bond acceptors (Lipinski definition) is 4. The van der Waals surface area contributed by atoms with Gasteiger partial charge in [-0.2, -0.15) is 0 Å². The number of nitrogens with zero attached hydrogens (tertiary/aromatic N) is 3. The summed E-state index contributed by atoms with van der Waals surface area (Å²) in [6, 6.07) is 25.9. The van der Waals surface area contributed by atoms with Crippen molar-refractivity contribution in [1.82, 2.24) is 20.1 Å². The van der Waals surface area contributed by atoms with Crippen molar-refractivity contribution in [2.75, 3.05) is 5.75 Å². The smallest absolute Gasteiger partial charge is 0.221 e. The number of carbonyl (C=O) groups excluding carboxylic acids is 1. The zero-order chi connectivity index (χ0) is 21.5. The molecule has 0 aliphatic carbocycles. The molecule has 0 radical (unpaired) electrons. The van der Waals surface area contributed by atoms with Crippen molar-refractivity contribution in [2.45, 2.75) is 18.1 Å². The third-order valence-electron chi connectivity index (χ3n) is 4.64. The van der Waals surface area contributed by atoms with E-state index in [-0.39, 0.29) is 11.7 Å². The first kappa shape index (κ1) is 20.8. The average molecular weight is 433 g/mol. The monoisotopic (exact) mass is 432 g/mol. The third kappa shape index (κ3) is 5.38. The molecule has 0 spiro atoms. The molecule has 1 aromatic heterocycles. The summed E-state index contributed by atoms with van der Waals surface area (Å²) in [5.74, 6) is 0.972. The fourth-order valence-electron chi connectivity index (χ4n) is 3.07. The molecule has 156 valence electrons. The molecule has 0 atom stereocenters. The highest BCUT2D eigenvalue weighted by Gasteiger charge is 2.16. The van der Waals surface area contributed by atoms with E-state index < -0.39 is 0 Å². The molecule has 3 aromatic carbocycles. The molecule has 0 aliphatic heterocycles. The lowest BCUT2D eigenvalue weighted by molar-refractivity contribution is -0.120. The van der Waals surface area contributed by atoms with Crippen LogP contribution in [0.25, 0.3) is 17.1 Å². The Hall–Kier alpha value is -3.45. The van der Waals surface area contributed by atoms with Crippen molar-refractivity contribution in [2.24, 2.45) is 0 Å². The first-order chi connectivity index (χ1) is 15.2. The maximum atomic E-state index is 13.0. The molecule has 1 N–H and O–H groups in total. The summed E-state index contributed by atoms with van der Waals surface area (Å²) in [5.41, 5.74) is 2.80. The van der Waals surface area contributed by atoms with E-state index in [1.165, 1.54) is 23.9 Å². The Morgan fingerprint density at radius 3 is 2.29 bits per heavy atom. The van der Waals surface area contributed by atoms with Gasteiger partial charge in [-0.3, -0.25) is 9.36 Å². The molecule has 1 amide bonds. The van der Waals surface area contributed by atoms with Gasteiger partial charge in [0.1, 0.15) is 5.82 Å². The fraction of sp³-hybridized carbons (Fsp3) is 0.125. The Bertz CT molecular complexity index is 1130. The van der Waals surface area contributed by atoms with Crippen LogP contribution in [-0.2, 0) is 11.3 Å². The second-order valence-corrected chi connectivity index (χ2v) is 7.91. The second kappa shape index (κ2) is 10.0. The minimum Gasteiger partial charge on any atom is -0.352 e. The number of para-hydroxylation sites is 1. The van der Waals surface area contributed by atoms with Gasteiger partial charge in [-0.05, 0) is 29.8 Å². The van der Waals surface area contributed by atoms with Crippen LogP contribution in [0.1, 0.15) is 12.0 Å². The lowest BCUT2D eigenvalue weighted by atomic mass is 10.2. The Labute approximate surface area is 184 Å². The molecule has 4 rings (SSSR count). The molecule has 5 nitrogen and oxygen atoms in total. The highest BCUT2D eigenvalue weighted by molar-refractivity contribution is 7.99. The fourth-order valence-corrected chi connectivity index (χ4v) is 3.96. The highest BCUT2D eigenvalue weighted by Crippen LogP contribution is 2.28. The van der Waals surface area contributed by atoms with E-state index in [2.05, 4.69) is 15.5 Å². The maximum Gasteiger partial charge on any atom is 0.221 e. The third-order valence-corrected chi connectivity index (χ3v) is 5.57. The van der Waals surface area contributed by atoms with E-state index >= 15 is 0 Å². The number of benzene rings is 3. The minimum atomic E-state index is -0.288. The average Bonchev–Trinajstić information content (AvgIpc) is 3.24. The van der Waals surface area contributed by atoms with Crippen LogP contribution in [0.5, 0.6) is 0 Å². The quantitative estimate of drug-likeness (QED) is 0.404. The predicted molar refractivity (Wildman–Crippen MR) is 120 cm³/mol. The molecule has 0 saturated heterocycles. The van der Waals surface area contributed by atoms with Crippen molar-refractivity contribution in [3.63, 3.8) is 0 Å².